The Kier molecular flexibility index (Phi) is 5.19. The van der Waals surface area contributed by atoms with Crippen molar-refractivity contribution in [2.45, 2.75) is 0 Å². The van der Waals surface area contributed by atoms with Gasteiger partial charge in [0, 0.05) is 29.5 Å². The van der Waals surface area contributed by atoms with Crippen LogP contribution in [0.1, 0.15) is 5.56 Å². The van der Waals surface area contributed by atoms with Crippen LogP contribution in [-0.4, -0.2) is 10.8 Å². The zero-order valence-electron chi connectivity index (χ0n) is 13.8. The first-order valence-electron chi connectivity index (χ1n) is 8.01. The van der Waals surface area contributed by atoms with Gasteiger partial charge in [0.25, 0.3) is 5.69 Å². The fourth-order valence-electron chi connectivity index (χ4n) is 2.55. The summed E-state index contributed by atoms with van der Waals surface area (Å²) in [7, 11) is 0. The number of rotatable bonds is 5. The van der Waals surface area contributed by atoms with Gasteiger partial charge in [-0.2, -0.15) is 0 Å². The molecular formula is C21H16N2O3. The summed E-state index contributed by atoms with van der Waals surface area (Å²) >= 11 is 0. The lowest BCUT2D eigenvalue weighted by atomic mass is 10.0. The summed E-state index contributed by atoms with van der Waals surface area (Å²) in [4.78, 5) is 22.6. The van der Waals surface area contributed by atoms with Crippen molar-refractivity contribution in [1.29, 1.82) is 0 Å². The Hall–Kier alpha value is -3.73. The second-order valence-electron chi connectivity index (χ2n) is 5.59. The van der Waals surface area contributed by atoms with Gasteiger partial charge in [-0.05, 0) is 23.3 Å². The van der Waals surface area contributed by atoms with Crippen LogP contribution in [0.5, 0.6) is 0 Å². The number of hydrogen-bond acceptors (Lipinski definition) is 3. The maximum Gasteiger partial charge on any atom is 0.270 e. The predicted octanol–water partition coefficient (Wildman–Crippen LogP) is 4.91. The fourth-order valence-corrected chi connectivity index (χ4v) is 2.55. The molecule has 0 saturated carbocycles. The van der Waals surface area contributed by atoms with Gasteiger partial charge in [-0.15, -0.1) is 0 Å². The molecule has 0 saturated heterocycles. The van der Waals surface area contributed by atoms with Gasteiger partial charge < -0.3 is 5.32 Å². The average molecular weight is 344 g/mol. The van der Waals surface area contributed by atoms with E-state index < -0.39 is 4.92 Å². The third kappa shape index (κ3) is 4.21. The average Bonchev–Trinajstić information content (AvgIpc) is 2.68. The maximum atomic E-state index is 12.3. The Morgan fingerprint density at radius 2 is 1.65 bits per heavy atom. The van der Waals surface area contributed by atoms with Crippen LogP contribution >= 0.6 is 0 Å². The van der Waals surface area contributed by atoms with Crippen molar-refractivity contribution >= 4 is 23.4 Å². The number of benzene rings is 3. The molecule has 0 fully saturated rings. The highest BCUT2D eigenvalue weighted by atomic mass is 16.6. The van der Waals surface area contributed by atoms with E-state index in [1.807, 2.05) is 54.6 Å². The molecule has 0 bridgehead atoms. The summed E-state index contributed by atoms with van der Waals surface area (Å²) in [5.74, 6) is -0.306. The van der Waals surface area contributed by atoms with E-state index in [2.05, 4.69) is 5.32 Å². The summed E-state index contributed by atoms with van der Waals surface area (Å²) in [5.41, 5.74) is 3.20. The molecule has 0 atom stereocenters. The van der Waals surface area contributed by atoms with Crippen molar-refractivity contribution in [1.82, 2.24) is 0 Å². The number of para-hydroxylation sites is 1. The van der Waals surface area contributed by atoms with Gasteiger partial charge in [-0.25, -0.2) is 0 Å². The van der Waals surface area contributed by atoms with E-state index in [9.17, 15) is 14.9 Å². The standard InChI is InChI=1S/C21H16N2O3/c24-21(14-13-16-7-6-10-18(15-16)23(25)26)22-20-12-5-4-11-19(20)17-8-2-1-3-9-17/h1-15H,(H,22,24). The minimum absolute atomic E-state index is 0.0121. The molecule has 0 spiro atoms. The molecular weight excluding hydrogens is 328 g/mol. The number of carbonyl (C=O) groups excluding carboxylic acids is 1. The molecule has 0 aromatic heterocycles. The first-order valence-corrected chi connectivity index (χ1v) is 8.01. The molecule has 0 unspecified atom stereocenters. The van der Waals surface area contributed by atoms with Crippen molar-refractivity contribution in [3.8, 4) is 11.1 Å². The first-order chi connectivity index (χ1) is 12.6. The first kappa shape index (κ1) is 17.1. The Morgan fingerprint density at radius 1 is 0.923 bits per heavy atom. The van der Waals surface area contributed by atoms with E-state index >= 15 is 0 Å². The Bertz CT molecular complexity index is 966. The van der Waals surface area contributed by atoms with Crippen LogP contribution in [-0.2, 0) is 4.79 Å². The zero-order valence-corrected chi connectivity index (χ0v) is 13.8. The van der Waals surface area contributed by atoms with Crippen molar-refractivity contribution in [2.75, 3.05) is 5.32 Å². The fraction of sp³-hybridized carbons (Fsp3) is 0. The number of nitrogens with zero attached hydrogens (tertiary/aromatic N) is 1. The normalized spacial score (nSPS) is 10.6. The van der Waals surface area contributed by atoms with Crippen molar-refractivity contribution in [3.05, 3.63) is 101 Å². The Balaban J connectivity index is 1.77. The number of amides is 1. The monoisotopic (exact) mass is 344 g/mol. The molecule has 0 radical (unpaired) electrons. The van der Waals surface area contributed by atoms with Gasteiger partial charge in [-0.1, -0.05) is 60.7 Å². The molecule has 5 heteroatoms. The predicted molar refractivity (Wildman–Crippen MR) is 103 cm³/mol. The molecule has 128 valence electrons. The molecule has 1 N–H and O–H groups in total. The SMILES string of the molecule is O=C(C=Cc1cccc([N+](=O)[O-])c1)Nc1ccccc1-c1ccccc1. The van der Waals surface area contributed by atoms with Crippen LogP contribution < -0.4 is 5.32 Å². The smallest absolute Gasteiger partial charge is 0.270 e. The van der Waals surface area contributed by atoms with E-state index in [0.717, 1.165) is 11.1 Å². The van der Waals surface area contributed by atoms with Gasteiger partial charge in [0.2, 0.25) is 5.91 Å². The highest BCUT2D eigenvalue weighted by molar-refractivity contribution is 6.04. The summed E-state index contributed by atoms with van der Waals surface area (Å²) in [6.45, 7) is 0. The molecule has 3 aromatic rings. The van der Waals surface area contributed by atoms with Gasteiger partial charge in [0.15, 0.2) is 0 Å². The van der Waals surface area contributed by atoms with Crippen LogP contribution in [0.4, 0.5) is 11.4 Å². The van der Waals surface area contributed by atoms with Crippen LogP contribution in [0.15, 0.2) is 84.9 Å². The minimum atomic E-state index is -0.465. The molecule has 3 rings (SSSR count). The second kappa shape index (κ2) is 7.90. The molecule has 1 amide bonds. The van der Waals surface area contributed by atoms with E-state index in [-0.39, 0.29) is 11.6 Å². The molecule has 3 aromatic carbocycles. The number of non-ortho nitro benzene ring substituents is 1. The Labute approximate surface area is 150 Å². The van der Waals surface area contributed by atoms with E-state index in [1.165, 1.54) is 18.2 Å². The van der Waals surface area contributed by atoms with E-state index in [1.54, 1.807) is 18.2 Å². The lowest BCUT2D eigenvalue weighted by molar-refractivity contribution is -0.384. The van der Waals surface area contributed by atoms with Gasteiger partial charge in [-0.3, -0.25) is 14.9 Å². The molecule has 0 aliphatic rings. The highest BCUT2D eigenvalue weighted by Gasteiger charge is 2.07. The quantitative estimate of drug-likeness (QED) is 0.406. The second-order valence-corrected chi connectivity index (χ2v) is 5.59. The Morgan fingerprint density at radius 3 is 2.42 bits per heavy atom. The molecule has 26 heavy (non-hydrogen) atoms. The van der Waals surface area contributed by atoms with Gasteiger partial charge in [0.1, 0.15) is 0 Å². The van der Waals surface area contributed by atoms with Crippen LogP contribution in [0, 0.1) is 10.1 Å². The van der Waals surface area contributed by atoms with Crippen molar-refractivity contribution < 1.29 is 9.72 Å². The van der Waals surface area contributed by atoms with Gasteiger partial charge >= 0.3 is 0 Å². The van der Waals surface area contributed by atoms with Crippen LogP contribution in [0.2, 0.25) is 0 Å². The largest absolute Gasteiger partial charge is 0.322 e. The topological polar surface area (TPSA) is 72.2 Å². The van der Waals surface area contributed by atoms with Crippen LogP contribution in [0.3, 0.4) is 0 Å². The summed E-state index contributed by atoms with van der Waals surface area (Å²) in [5, 5.41) is 13.7. The number of nitro benzene ring substituents is 1. The number of nitro groups is 1. The zero-order chi connectivity index (χ0) is 18.4. The lowest BCUT2D eigenvalue weighted by Crippen LogP contribution is -2.08. The molecule has 0 aliphatic heterocycles. The number of carbonyl (C=O) groups is 1. The highest BCUT2D eigenvalue weighted by Crippen LogP contribution is 2.27. The van der Waals surface area contributed by atoms with Gasteiger partial charge in [0.05, 0.1) is 4.92 Å². The number of nitrogens with one attached hydrogen (secondary N) is 1. The van der Waals surface area contributed by atoms with E-state index in [0.29, 0.717) is 11.3 Å². The van der Waals surface area contributed by atoms with Crippen molar-refractivity contribution in [3.63, 3.8) is 0 Å². The summed E-state index contributed by atoms with van der Waals surface area (Å²) in [6.07, 6.45) is 2.91. The van der Waals surface area contributed by atoms with Crippen molar-refractivity contribution in [2.24, 2.45) is 0 Å². The molecule has 0 heterocycles. The number of anilines is 1. The third-order valence-electron chi connectivity index (χ3n) is 3.78. The lowest BCUT2D eigenvalue weighted by Gasteiger charge is -2.10. The summed E-state index contributed by atoms with van der Waals surface area (Å²) in [6, 6.07) is 23.4. The molecule has 0 aliphatic carbocycles. The molecule has 5 nitrogen and oxygen atoms in total. The minimum Gasteiger partial charge on any atom is -0.322 e. The number of hydrogen-bond donors (Lipinski definition) is 1. The maximum absolute atomic E-state index is 12.3. The van der Waals surface area contributed by atoms with E-state index in [4.69, 9.17) is 0 Å². The summed E-state index contributed by atoms with van der Waals surface area (Å²) < 4.78 is 0. The van der Waals surface area contributed by atoms with Crippen LogP contribution in [0.25, 0.3) is 17.2 Å². The third-order valence-corrected chi connectivity index (χ3v) is 3.78.